The highest BCUT2D eigenvalue weighted by atomic mass is 79.9. The Morgan fingerprint density at radius 1 is 1.24 bits per heavy atom. The third-order valence-corrected chi connectivity index (χ3v) is 4.42. The van der Waals surface area contributed by atoms with Gasteiger partial charge in [-0.1, -0.05) is 36.9 Å². The summed E-state index contributed by atoms with van der Waals surface area (Å²) in [7, 11) is 0. The lowest BCUT2D eigenvalue weighted by atomic mass is 10.1. The van der Waals surface area contributed by atoms with E-state index in [1.54, 1.807) is 11.3 Å². The van der Waals surface area contributed by atoms with Gasteiger partial charge in [0, 0.05) is 22.4 Å². The van der Waals surface area contributed by atoms with E-state index in [4.69, 9.17) is 0 Å². The fourth-order valence-corrected chi connectivity index (χ4v) is 3.02. The molecule has 2 rings (SSSR count). The van der Waals surface area contributed by atoms with Gasteiger partial charge in [-0.3, -0.25) is 0 Å². The molecule has 1 N–H and O–H groups in total. The van der Waals surface area contributed by atoms with Crippen molar-refractivity contribution in [3.63, 3.8) is 0 Å². The predicted octanol–water partition coefficient (Wildman–Crippen LogP) is 4.31. The average molecular weight is 308 g/mol. The Hall–Kier alpha value is -0.900. The highest BCUT2D eigenvalue weighted by Gasteiger charge is 2.01. The van der Waals surface area contributed by atoms with Crippen LogP contribution in [-0.2, 0) is 6.54 Å². The first-order chi connectivity index (χ1) is 8.27. The third-order valence-electron chi connectivity index (χ3n) is 2.50. The van der Waals surface area contributed by atoms with Crippen molar-refractivity contribution in [3.8, 4) is 0 Å². The summed E-state index contributed by atoms with van der Waals surface area (Å²) in [5.41, 5.74) is 2.32. The molecule has 0 saturated heterocycles. The molecule has 1 aromatic heterocycles. The Labute approximate surface area is 114 Å². The first kappa shape index (κ1) is 12.6. The van der Waals surface area contributed by atoms with E-state index < -0.39 is 0 Å². The van der Waals surface area contributed by atoms with E-state index in [2.05, 4.69) is 51.4 Å². The molecular weight excluding hydrogens is 294 g/mol. The molecule has 0 fully saturated rings. The van der Waals surface area contributed by atoms with Crippen LogP contribution in [0.3, 0.4) is 0 Å². The molecule has 88 valence electrons. The molecule has 0 bridgehead atoms. The van der Waals surface area contributed by atoms with Crippen LogP contribution in [0.1, 0.15) is 10.4 Å². The van der Waals surface area contributed by atoms with Crippen molar-refractivity contribution in [1.82, 2.24) is 5.32 Å². The van der Waals surface area contributed by atoms with Crippen molar-refractivity contribution in [2.24, 2.45) is 0 Å². The molecule has 0 spiro atoms. The second kappa shape index (κ2) is 6.15. The number of nitrogens with one attached hydrogen (secondary N) is 1. The molecule has 0 unspecified atom stereocenters. The van der Waals surface area contributed by atoms with Crippen molar-refractivity contribution in [1.29, 1.82) is 0 Å². The van der Waals surface area contributed by atoms with Crippen molar-refractivity contribution in [2.45, 2.75) is 6.54 Å². The van der Waals surface area contributed by atoms with Crippen molar-refractivity contribution in [2.75, 3.05) is 6.54 Å². The van der Waals surface area contributed by atoms with Crippen LogP contribution in [0.15, 0.2) is 52.8 Å². The zero-order valence-electron chi connectivity index (χ0n) is 9.45. The highest BCUT2D eigenvalue weighted by Crippen LogP contribution is 2.22. The first-order valence-corrected chi connectivity index (χ1v) is 7.10. The molecule has 0 aliphatic carbocycles. The number of thiophene rings is 1. The van der Waals surface area contributed by atoms with Gasteiger partial charge in [-0.2, -0.15) is 0 Å². The molecule has 0 amide bonds. The van der Waals surface area contributed by atoms with Gasteiger partial charge in [0.25, 0.3) is 0 Å². The van der Waals surface area contributed by atoms with Gasteiger partial charge in [0.1, 0.15) is 0 Å². The van der Waals surface area contributed by atoms with E-state index in [1.807, 2.05) is 18.2 Å². The molecule has 1 nitrogen and oxygen atoms in total. The Morgan fingerprint density at radius 2 is 2.00 bits per heavy atom. The normalized spacial score (nSPS) is 10.4. The van der Waals surface area contributed by atoms with E-state index in [9.17, 15) is 0 Å². The summed E-state index contributed by atoms with van der Waals surface area (Å²) in [4.78, 5) is 1.32. The number of rotatable bonds is 5. The van der Waals surface area contributed by atoms with E-state index in [0.717, 1.165) is 18.7 Å². The zero-order valence-corrected chi connectivity index (χ0v) is 11.9. The summed E-state index contributed by atoms with van der Waals surface area (Å²) >= 11 is 5.28. The van der Waals surface area contributed by atoms with Gasteiger partial charge in [-0.05, 0) is 38.5 Å². The lowest BCUT2D eigenvalue weighted by Gasteiger charge is -2.07. The van der Waals surface area contributed by atoms with Gasteiger partial charge >= 0.3 is 0 Å². The van der Waals surface area contributed by atoms with Gasteiger partial charge < -0.3 is 5.32 Å². The van der Waals surface area contributed by atoms with E-state index in [1.165, 1.54) is 14.9 Å². The van der Waals surface area contributed by atoms with Gasteiger partial charge in [-0.25, -0.2) is 0 Å². The smallest absolute Gasteiger partial charge is 0.0327 e. The van der Waals surface area contributed by atoms with Gasteiger partial charge in [-0.15, -0.1) is 11.3 Å². The summed E-state index contributed by atoms with van der Waals surface area (Å²) in [6.07, 6.45) is 0. The Balaban J connectivity index is 1.84. The summed E-state index contributed by atoms with van der Waals surface area (Å²) in [6, 6.07) is 12.4. The second-order valence-corrected chi connectivity index (χ2v) is 5.62. The van der Waals surface area contributed by atoms with E-state index in [0.29, 0.717) is 0 Å². The van der Waals surface area contributed by atoms with E-state index >= 15 is 0 Å². The number of benzene rings is 1. The molecule has 1 heterocycles. The lowest BCUT2D eigenvalue weighted by molar-refractivity contribution is 0.776. The zero-order chi connectivity index (χ0) is 12.1. The van der Waals surface area contributed by atoms with E-state index in [-0.39, 0.29) is 0 Å². The molecule has 0 saturated carbocycles. The maximum Gasteiger partial charge on any atom is 0.0327 e. The van der Waals surface area contributed by atoms with Crippen LogP contribution in [0.2, 0.25) is 0 Å². The molecule has 3 heteroatoms. The van der Waals surface area contributed by atoms with Crippen molar-refractivity contribution >= 4 is 32.8 Å². The minimum atomic E-state index is 0.814. The standard InChI is InChI=1S/C14H14BrNS/c1-11(12-5-3-2-4-6-12)9-16-10-14-13(15)7-8-17-14/h2-8,16H,1,9-10H2. The largest absolute Gasteiger partial charge is 0.308 e. The molecule has 0 radical (unpaired) electrons. The average Bonchev–Trinajstić information content (AvgIpc) is 2.76. The fraction of sp³-hybridized carbons (Fsp3) is 0.143. The Bertz CT molecular complexity index is 490. The predicted molar refractivity (Wildman–Crippen MR) is 79.2 cm³/mol. The Morgan fingerprint density at radius 3 is 2.65 bits per heavy atom. The van der Waals surface area contributed by atoms with Gasteiger partial charge in [0.05, 0.1) is 0 Å². The topological polar surface area (TPSA) is 12.0 Å². The van der Waals surface area contributed by atoms with Gasteiger partial charge in [0.15, 0.2) is 0 Å². The molecule has 1 aromatic carbocycles. The van der Waals surface area contributed by atoms with Crippen LogP contribution in [0.25, 0.3) is 5.57 Å². The summed E-state index contributed by atoms with van der Waals surface area (Å²) < 4.78 is 1.18. The molecular formula is C14H14BrNS. The maximum absolute atomic E-state index is 4.10. The minimum Gasteiger partial charge on any atom is -0.308 e. The van der Waals surface area contributed by atoms with Crippen LogP contribution < -0.4 is 5.32 Å². The minimum absolute atomic E-state index is 0.814. The fourth-order valence-electron chi connectivity index (χ4n) is 1.55. The molecule has 2 aromatic rings. The molecule has 0 atom stereocenters. The summed E-state index contributed by atoms with van der Waals surface area (Å²) in [5.74, 6) is 0. The monoisotopic (exact) mass is 307 g/mol. The molecule has 0 aliphatic rings. The van der Waals surface area contributed by atoms with Crippen LogP contribution >= 0.6 is 27.3 Å². The number of hydrogen-bond donors (Lipinski definition) is 1. The van der Waals surface area contributed by atoms with Gasteiger partial charge in [0.2, 0.25) is 0 Å². The number of halogens is 1. The van der Waals surface area contributed by atoms with Crippen LogP contribution in [0.5, 0.6) is 0 Å². The quantitative estimate of drug-likeness (QED) is 0.867. The maximum atomic E-state index is 4.10. The van der Waals surface area contributed by atoms with Crippen LogP contribution in [0.4, 0.5) is 0 Å². The van der Waals surface area contributed by atoms with Crippen LogP contribution in [-0.4, -0.2) is 6.54 Å². The first-order valence-electron chi connectivity index (χ1n) is 5.43. The second-order valence-electron chi connectivity index (χ2n) is 3.76. The highest BCUT2D eigenvalue weighted by molar-refractivity contribution is 9.10. The lowest BCUT2D eigenvalue weighted by Crippen LogP contribution is -2.15. The SMILES string of the molecule is C=C(CNCc1sccc1Br)c1ccccc1. The van der Waals surface area contributed by atoms with Crippen molar-refractivity contribution < 1.29 is 0 Å². The molecule has 17 heavy (non-hydrogen) atoms. The summed E-state index contributed by atoms with van der Waals surface area (Å²) in [5, 5.41) is 5.50. The van der Waals surface area contributed by atoms with Crippen LogP contribution in [0, 0.1) is 0 Å². The molecule has 0 aliphatic heterocycles. The summed E-state index contributed by atoms with van der Waals surface area (Å²) in [6.45, 7) is 5.79. The number of hydrogen-bond acceptors (Lipinski definition) is 2. The Kier molecular flexibility index (Phi) is 4.54. The van der Waals surface area contributed by atoms with Crippen molar-refractivity contribution in [3.05, 3.63) is 63.3 Å². The third kappa shape index (κ3) is 3.53.